The minimum Gasteiger partial charge on any atom is -0.493 e. The lowest BCUT2D eigenvalue weighted by molar-refractivity contribution is -0.162. The predicted molar refractivity (Wildman–Crippen MR) is 163 cm³/mol. The maximum atomic E-state index is 13.5. The molecule has 0 aliphatic rings. The Morgan fingerprint density at radius 3 is 2.11 bits per heavy atom. The zero-order chi connectivity index (χ0) is 34.4. The van der Waals surface area contributed by atoms with E-state index in [2.05, 4.69) is 10.3 Å². The van der Waals surface area contributed by atoms with Crippen LogP contribution in [-0.4, -0.2) is 73.0 Å². The minimum absolute atomic E-state index is 0.0526. The number of ether oxygens (including phenoxy) is 4. The highest BCUT2D eigenvalue weighted by molar-refractivity contribution is 6.40. The largest absolute Gasteiger partial charge is 0.493 e. The molecule has 0 bridgehead atoms. The Balaban J connectivity index is 2.34. The van der Waals surface area contributed by atoms with Crippen molar-refractivity contribution in [2.75, 3.05) is 13.9 Å². The molecule has 0 saturated heterocycles. The van der Waals surface area contributed by atoms with Crippen LogP contribution in [0.2, 0.25) is 0 Å². The molecule has 2 aromatic rings. The molecule has 0 radical (unpaired) electrons. The number of benzene rings is 1. The van der Waals surface area contributed by atoms with Crippen LogP contribution in [0.5, 0.6) is 11.5 Å². The van der Waals surface area contributed by atoms with E-state index in [9.17, 15) is 33.6 Å². The van der Waals surface area contributed by atoms with Gasteiger partial charge in [0.05, 0.1) is 30.8 Å². The number of ketones is 2. The maximum Gasteiger partial charge on any atom is 0.311 e. The summed E-state index contributed by atoms with van der Waals surface area (Å²) < 4.78 is 21.3. The molecule has 0 unspecified atom stereocenters. The molecule has 1 aromatic heterocycles. The van der Waals surface area contributed by atoms with Crippen molar-refractivity contribution in [2.45, 2.75) is 59.6 Å². The number of methoxy groups -OCH3 is 1. The Morgan fingerprint density at radius 2 is 1.54 bits per heavy atom. The SMILES string of the molecule is COc1ccnc(C(=O)N[C@@H](CC=O)C(=O)C(=O)[C@@H](C)[C@H](OC(=O)C(C)C)[C@H](C=O)Cc2ccccc2)c1OCOC(=O)C(C)C. The predicted octanol–water partition coefficient (Wildman–Crippen LogP) is 2.71. The molecular weight excluding hydrogens is 600 g/mol. The summed E-state index contributed by atoms with van der Waals surface area (Å²) in [5.74, 6) is -7.94. The summed E-state index contributed by atoms with van der Waals surface area (Å²) in [6, 6.07) is 8.61. The molecule has 0 saturated carbocycles. The van der Waals surface area contributed by atoms with Crippen molar-refractivity contribution in [3.63, 3.8) is 0 Å². The van der Waals surface area contributed by atoms with Gasteiger partial charge in [-0.25, -0.2) is 4.98 Å². The van der Waals surface area contributed by atoms with Crippen LogP contribution in [0.15, 0.2) is 42.6 Å². The first-order valence-electron chi connectivity index (χ1n) is 14.7. The Labute approximate surface area is 267 Å². The highest BCUT2D eigenvalue weighted by Crippen LogP contribution is 2.30. The summed E-state index contributed by atoms with van der Waals surface area (Å²) in [6.07, 6.45) is 0.376. The van der Waals surface area contributed by atoms with Crippen molar-refractivity contribution in [3.05, 3.63) is 53.9 Å². The number of amides is 1. The number of carbonyl (C=O) groups is 7. The third kappa shape index (κ3) is 10.3. The van der Waals surface area contributed by atoms with E-state index >= 15 is 0 Å². The highest BCUT2D eigenvalue weighted by Gasteiger charge is 2.40. The number of pyridine rings is 1. The van der Waals surface area contributed by atoms with E-state index in [1.54, 1.807) is 58.0 Å². The second-order valence-electron chi connectivity index (χ2n) is 11.1. The Hall–Kier alpha value is -4.94. The van der Waals surface area contributed by atoms with Crippen molar-refractivity contribution in [2.24, 2.45) is 23.7 Å². The number of aromatic nitrogens is 1. The topological polar surface area (TPSA) is 181 Å². The number of Topliss-reactive ketones (excluding diaryl/α,β-unsaturated/α-hetero) is 2. The molecule has 46 heavy (non-hydrogen) atoms. The van der Waals surface area contributed by atoms with Crippen molar-refractivity contribution >= 4 is 42.0 Å². The van der Waals surface area contributed by atoms with Crippen LogP contribution in [0.1, 0.15) is 57.1 Å². The fourth-order valence-corrected chi connectivity index (χ4v) is 4.26. The standard InChI is InChI=1S/C33H40N2O11/c1-19(2)32(41)45-18-44-30-25(43-6)12-14-34-26(30)31(40)35-24(13-15-36)28(39)27(38)21(5)29(46-33(42)20(3)4)23(17-37)16-22-10-8-7-9-11-22/h7-12,14-15,17,19-21,23-24,29H,13,16,18H2,1-6H3,(H,35,40)/t21-,23+,24+,29+/m1/s1. The Morgan fingerprint density at radius 1 is 0.891 bits per heavy atom. The molecule has 0 aliphatic carbocycles. The highest BCUT2D eigenvalue weighted by atomic mass is 16.7. The molecule has 248 valence electrons. The monoisotopic (exact) mass is 640 g/mol. The second-order valence-corrected chi connectivity index (χ2v) is 11.1. The van der Waals surface area contributed by atoms with E-state index in [1.807, 2.05) is 0 Å². The normalized spacial score (nSPS) is 13.5. The summed E-state index contributed by atoms with van der Waals surface area (Å²) in [5.41, 5.74) is 0.363. The molecule has 0 aliphatic heterocycles. The maximum absolute atomic E-state index is 13.5. The molecule has 1 amide bonds. The number of hydrogen-bond donors (Lipinski definition) is 1. The second kappa shape index (κ2) is 18.1. The third-order valence-electron chi connectivity index (χ3n) is 6.92. The molecule has 0 fully saturated rings. The fourth-order valence-electron chi connectivity index (χ4n) is 4.26. The number of nitrogens with zero attached hydrogens (tertiary/aromatic N) is 1. The van der Waals surface area contributed by atoms with E-state index in [1.165, 1.54) is 26.3 Å². The first-order valence-corrected chi connectivity index (χ1v) is 14.7. The van der Waals surface area contributed by atoms with Crippen molar-refractivity contribution < 1.29 is 52.5 Å². The molecule has 1 heterocycles. The van der Waals surface area contributed by atoms with Crippen LogP contribution in [0.25, 0.3) is 0 Å². The summed E-state index contributed by atoms with van der Waals surface area (Å²) in [5, 5.41) is 2.34. The van der Waals surface area contributed by atoms with Crippen LogP contribution in [-0.2, 0) is 44.7 Å². The first-order chi connectivity index (χ1) is 21.9. The molecule has 13 nitrogen and oxygen atoms in total. The number of nitrogens with one attached hydrogen (secondary N) is 1. The third-order valence-corrected chi connectivity index (χ3v) is 6.92. The summed E-state index contributed by atoms with van der Waals surface area (Å²) in [6.45, 7) is 7.17. The lowest BCUT2D eigenvalue weighted by Crippen LogP contribution is -2.49. The molecular formula is C33H40N2O11. The number of hydrogen-bond acceptors (Lipinski definition) is 12. The molecule has 1 aromatic carbocycles. The van der Waals surface area contributed by atoms with Gasteiger partial charge in [-0.2, -0.15) is 0 Å². The van der Waals surface area contributed by atoms with E-state index < -0.39 is 78.4 Å². The van der Waals surface area contributed by atoms with Gasteiger partial charge in [-0.1, -0.05) is 65.0 Å². The Bertz CT molecular complexity index is 1390. The van der Waals surface area contributed by atoms with Gasteiger partial charge in [0.25, 0.3) is 5.91 Å². The van der Waals surface area contributed by atoms with Gasteiger partial charge in [0.2, 0.25) is 18.4 Å². The summed E-state index contributed by atoms with van der Waals surface area (Å²) >= 11 is 0. The van der Waals surface area contributed by atoms with Gasteiger partial charge in [-0.15, -0.1) is 0 Å². The number of carbonyl (C=O) groups excluding carboxylic acids is 7. The van der Waals surface area contributed by atoms with Crippen LogP contribution in [0.4, 0.5) is 0 Å². The van der Waals surface area contributed by atoms with E-state index in [0.717, 1.165) is 5.56 Å². The molecule has 1 N–H and O–H groups in total. The fraction of sp³-hybridized carbons (Fsp3) is 0.455. The lowest BCUT2D eigenvalue weighted by atomic mass is 9.83. The smallest absolute Gasteiger partial charge is 0.311 e. The van der Waals surface area contributed by atoms with E-state index in [0.29, 0.717) is 12.6 Å². The van der Waals surface area contributed by atoms with Gasteiger partial charge < -0.3 is 33.9 Å². The summed E-state index contributed by atoms with van der Waals surface area (Å²) in [4.78, 5) is 92.5. The van der Waals surface area contributed by atoms with Crippen LogP contribution >= 0.6 is 0 Å². The molecule has 13 heteroatoms. The van der Waals surface area contributed by atoms with Crippen LogP contribution in [0, 0.1) is 23.7 Å². The number of aldehydes is 2. The average Bonchev–Trinajstić information content (AvgIpc) is 3.05. The zero-order valence-corrected chi connectivity index (χ0v) is 26.7. The number of rotatable bonds is 19. The van der Waals surface area contributed by atoms with Gasteiger partial charge in [-0.05, 0) is 12.0 Å². The quantitative estimate of drug-likeness (QED) is 0.103. The number of esters is 2. The molecule has 4 atom stereocenters. The van der Waals surface area contributed by atoms with Gasteiger partial charge in [0.1, 0.15) is 24.7 Å². The van der Waals surface area contributed by atoms with Gasteiger partial charge in [0, 0.05) is 18.7 Å². The van der Waals surface area contributed by atoms with Crippen LogP contribution < -0.4 is 14.8 Å². The van der Waals surface area contributed by atoms with Gasteiger partial charge in [0.15, 0.2) is 17.2 Å². The van der Waals surface area contributed by atoms with E-state index in [4.69, 9.17) is 18.9 Å². The Kier molecular flexibility index (Phi) is 14.7. The van der Waals surface area contributed by atoms with E-state index in [-0.39, 0.29) is 23.6 Å². The average molecular weight is 641 g/mol. The zero-order valence-electron chi connectivity index (χ0n) is 26.7. The van der Waals surface area contributed by atoms with Crippen molar-refractivity contribution in [3.8, 4) is 11.5 Å². The van der Waals surface area contributed by atoms with Crippen LogP contribution in [0.3, 0.4) is 0 Å². The van der Waals surface area contributed by atoms with Gasteiger partial charge in [-0.3, -0.25) is 24.0 Å². The summed E-state index contributed by atoms with van der Waals surface area (Å²) in [7, 11) is 1.30. The van der Waals surface area contributed by atoms with Crippen molar-refractivity contribution in [1.29, 1.82) is 0 Å². The van der Waals surface area contributed by atoms with Crippen molar-refractivity contribution in [1.82, 2.24) is 10.3 Å². The first kappa shape index (κ1) is 37.2. The lowest BCUT2D eigenvalue weighted by Gasteiger charge is -2.29. The molecule has 0 spiro atoms. The van der Waals surface area contributed by atoms with Gasteiger partial charge >= 0.3 is 11.9 Å². The molecule has 2 rings (SSSR count). The minimum atomic E-state index is -1.63.